The van der Waals surface area contributed by atoms with Gasteiger partial charge in [-0.3, -0.25) is 10.9 Å². The van der Waals surface area contributed by atoms with Gasteiger partial charge in [0.2, 0.25) is 5.28 Å². The average Bonchev–Trinajstić information content (AvgIpc) is 2.45. The number of nitrogens with zero attached hydrogens (tertiary/aromatic N) is 2. The molecule has 0 saturated carbocycles. The zero-order chi connectivity index (χ0) is 13.1. The van der Waals surface area contributed by atoms with E-state index in [9.17, 15) is 0 Å². The fourth-order valence-electron chi connectivity index (χ4n) is 1.80. The van der Waals surface area contributed by atoms with Crippen molar-refractivity contribution in [1.82, 2.24) is 9.97 Å². The van der Waals surface area contributed by atoms with E-state index in [0.717, 1.165) is 16.6 Å². The average molecular weight is 271 g/mol. The summed E-state index contributed by atoms with van der Waals surface area (Å²) in [6, 6.07) is 17.5. The van der Waals surface area contributed by atoms with Gasteiger partial charge in [-0.2, -0.15) is 4.98 Å². The highest BCUT2D eigenvalue weighted by Gasteiger charge is 2.05. The lowest BCUT2D eigenvalue weighted by Gasteiger charge is -2.11. The van der Waals surface area contributed by atoms with Crippen molar-refractivity contribution < 1.29 is 0 Å². The third kappa shape index (κ3) is 2.58. The van der Waals surface area contributed by atoms with Gasteiger partial charge in [0, 0.05) is 5.39 Å². The van der Waals surface area contributed by atoms with Gasteiger partial charge in [0.15, 0.2) is 5.82 Å². The van der Waals surface area contributed by atoms with Gasteiger partial charge in [0.05, 0.1) is 11.2 Å². The number of hydrogen-bond acceptors (Lipinski definition) is 4. The van der Waals surface area contributed by atoms with Gasteiger partial charge in [0.25, 0.3) is 0 Å². The third-order valence-corrected chi connectivity index (χ3v) is 2.84. The van der Waals surface area contributed by atoms with Crippen LogP contribution in [0.4, 0.5) is 11.5 Å². The van der Waals surface area contributed by atoms with E-state index in [2.05, 4.69) is 20.8 Å². The molecule has 2 aromatic carbocycles. The van der Waals surface area contributed by atoms with Crippen molar-refractivity contribution in [1.29, 1.82) is 0 Å². The lowest BCUT2D eigenvalue weighted by atomic mass is 10.2. The SMILES string of the molecule is Clc1nc(NNc2ccccc2)c2ccccc2n1. The zero-order valence-electron chi connectivity index (χ0n) is 9.97. The molecular formula is C14H11ClN4. The molecule has 1 aromatic heterocycles. The number of anilines is 2. The van der Waals surface area contributed by atoms with Gasteiger partial charge < -0.3 is 0 Å². The van der Waals surface area contributed by atoms with E-state index in [-0.39, 0.29) is 5.28 Å². The second kappa shape index (κ2) is 5.12. The predicted octanol–water partition coefficient (Wildman–Crippen LogP) is 3.72. The number of aromatic nitrogens is 2. The Labute approximate surface area is 115 Å². The molecule has 3 aromatic rings. The van der Waals surface area contributed by atoms with Gasteiger partial charge in [-0.15, -0.1) is 0 Å². The first kappa shape index (κ1) is 11.7. The second-order valence-corrected chi connectivity index (χ2v) is 4.31. The first-order valence-corrected chi connectivity index (χ1v) is 6.20. The smallest absolute Gasteiger partial charge is 0.224 e. The zero-order valence-corrected chi connectivity index (χ0v) is 10.7. The Morgan fingerprint density at radius 3 is 2.37 bits per heavy atom. The van der Waals surface area contributed by atoms with Crippen LogP contribution in [0.3, 0.4) is 0 Å². The van der Waals surface area contributed by atoms with Crippen LogP contribution in [0, 0.1) is 0 Å². The molecule has 0 aliphatic carbocycles. The number of para-hydroxylation sites is 2. The van der Waals surface area contributed by atoms with E-state index >= 15 is 0 Å². The summed E-state index contributed by atoms with van der Waals surface area (Å²) in [5, 5.41) is 1.13. The van der Waals surface area contributed by atoms with Gasteiger partial charge in [-0.1, -0.05) is 30.3 Å². The Hall–Kier alpha value is -2.33. The number of fused-ring (bicyclic) bond motifs is 1. The molecule has 1 heterocycles. The molecule has 0 fully saturated rings. The molecule has 0 aliphatic rings. The van der Waals surface area contributed by atoms with Crippen LogP contribution in [0.5, 0.6) is 0 Å². The van der Waals surface area contributed by atoms with Crippen molar-refractivity contribution in [2.75, 3.05) is 10.9 Å². The standard InChI is InChI=1S/C14H11ClN4/c15-14-16-12-9-5-4-8-11(12)13(17-14)19-18-10-6-2-1-3-7-10/h1-9,18H,(H,16,17,19). The Kier molecular flexibility index (Phi) is 3.16. The summed E-state index contributed by atoms with van der Waals surface area (Å²) in [6.07, 6.45) is 0. The van der Waals surface area contributed by atoms with E-state index in [0.29, 0.717) is 5.82 Å². The molecule has 5 heteroatoms. The normalized spacial score (nSPS) is 10.4. The fraction of sp³-hybridized carbons (Fsp3) is 0. The highest BCUT2D eigenvalue weighted by Crippen LogP contribution is 2.21. The summed E-state index contributed by atoms with van der Waals surface area (Å²) in [7, 11) is 0. The van der Waals surface area contributed by atoms with Crippen LogP contribution in [-0.2, 0) is 0 Å². The van der Waals surface area contributed by atoms with Crippen LogP contribution >= 0.6 is 11.6 Å². The highest BCUT2D eigenvalue weighted by atomic mass is 35.5. The molecule has 3 rings (SSSR count). The summed E-state index contributed by atoms with van der Waals surface area (Å²) < 4.78 is 0. The number of nitrogens with one attached hydrogen (secondary N) is 2. The molecule has 94 valence electrons. The van der Waals surface area contributed by atoms with Crippen molar-refractivity contribution in [3.63, 3.8) is 0 Å². The summed E-state index contributed by atoms with van der Waals surface area (Å²) in [5.41, 5.74) is 7.89. The largest absolute Gasteiger partial charge is 0.300 e. The maximum Gasteiger partial charge on any atom is 0.224 e. The molecule has 0 unspecified atom stereocenters. The monoisotopic (exact) mass is 270 g/mol. The molecule has 0 saturated heterocycles. The number of halogens is 1. The van der Waals surface area contributed by atoms with E-state index in [1.54, 1.807) is 0 Å². The minimum Gasteiger partial charge on any atom is -0.300 e. The van der Waals surface area contributed by atoms with Gasteiger partial charge in [0.1, 0.15) is 0 Å². The molecule has 0 aliphatic heterocycles. The van der Waals surface area contributed by atoms with Gasteiger partial charge in [-0.25, -0.2) is 4.98 Å². The van der Waals surface area contributed by atoms with E-state index in [1.807, 2.05) is 54.6 Å². The molecule has 4 nitrogen and oxygen atoms in total. The Morgan fingerprint density at radius 2 is 1.53 bits per heavy atom. The Balaban J connectivity index is 1.92. The predicted molar refractivity (Wildman–Crippen MR) is 78.2 cm³/mol. The molecule has 0 spiro atoms. The van der Waals surface area contributed by atoms with E-state index in [4.69, 9.17) is 11.6 Å². The molecule has 0 radical (unpaired) electrons. The molecule has 2 N–H and O–H groups in total. The molecule has 0 atom stereocenters. The van der Waals surface area contributed by atoms with Crippen LogP contribution in [0.2, 0.25) is 5.28 Å². The number of rotatable bonds is 3. The minimum atomic E-state index is 0.219. The van der Waals surface area contributed by atoms with Crippen LogP contribution in [0.1, 0.15) is 0 Å². The number of hydrogen-bond donors (Lipinski definition) is 2. The van der Waals surface area contributed by atoms with Crippen molar-refractivity contribution in [2.24, 2.45) is 0 Å². The minimum absolute atomic E-state index is 0.219. The Bertz CT molecular complexity index is 700. The van der Waals surface area contributed by atoms with Crippen LogP contribution in [-0.4, -0.2) is 9.97 Å². The summed E-state index contributed by atoms with van der Waals surface area (Å²) in [4.78, 5) is 8.37. The molecule has 0 bridgehead atoms. The molecule has 19 heavy (non-hydrogen) atoms. The van der Waals surface area contributed by atoms with E-state index in [1.165, 1.54) is 0 Å². The topological polar surface area (TPSA) is 49.8 Å². The van der Waals surface area contributed by atoms with Crippen LogP contribution in [0.15, 0.2) is 54.6 Å². The van der Waals surface area contributed by atoms with Gasteiger partial charge >= 0.3 is 0 Å². The quantitative estimate of drug-likeness (QED) is 0.562. The summed E-state index contributed by atoms with van der Waals surface area (Å²) in [5.74, 6) is 0.652. The van der Waals surface area contributed by atoms with E-state index < -0.39 is 0 Å². The molecular weight excluding hydrogens is 260 g/mol. The lowest BCUT2D eigenvalue weighted by Crippen LogP contribution is -2.10. The maximum atomic E-state index is 5.92. The lowest BCUT2D eigenvalue weighted by molar-refractivity contribution is 1.20. The van der Waals surface area contributed by atoms with Crippen molar-refractivity contribution >= 4 is 34.0 Å². The van der Waals surface area contributed by atoms with Crippen molar-refractivity contribution in [3.8, 4) is 0 Å². The number of hydrazine groups is 1. The van der Waals surface area contributed by atoms with Crippen LogP contribution in [0.25, 0.3) is 10.9 Å². The third-order valence-electron chi connectivity index (χ3n) is 2.67. The first-order valence-electron chi connectivity index (χ1n) is 5.82. The first-order chi connectivity index (χ1) is 9.33. The summed E-state index contributed by atoms with van der Waals surface area (Å²) >= 11 is 5.92. The second-order valence-electron chi connectivity index (χ2n) is 3.97. The fourth-order valence-corrected chi connectivity index (χ4v) is 1.97. The van der Waals surface area contributed by atoms with Crippen LogP contribution < -0.4 is 10.9 Å². The van der Waals surface area contributed by atoms with Crippen molar-refractivity contribution in [3.05, 3.63) is 59.9 Å². The van der Waals surface area contributed by atoms with Crippen molar-refractivity contribution in [2.45, 2.75) is 0 Å². The van der Waals surface area contributed by atoms with Gasteiger partial charge in [-0.05, 0) is 35.9 Å². The Morgan fingerprint density at radius 1 is 0.789 bits per heavy atom. The maximum absolute atomic E-state index is 5.92. The molecule has 0 amide bonds. The summed E-state index contributed by atoms with van der Waals surface area (Å²) in [6.45, 7) is 0. The number of benzene rings is 2. The highest BCUT2D eigenvalue weighted by molar-refractivity contribution is 6.28.